The van der Waals surface area contributed by atoms with Gasteiger partial charge in [-0.05, 0) is 30.2 Å². The highest BCUT2D eigenvalue weighted by Gasteiger charge is 2.15. The summed E-state index contributed by atoms with van der Waals surface area (Å²) in [6.45, 7) is 0. The van der Waals surface area contributed by atoms with Gasteiger partial charge in [0.2, 0.25) is 0 Å². The fraction of sp³-hybridized carbons (Fsp3) is 0.200. The van der Waals surface area contributed by atoms with Crippen molar-refractivity contribution in [3.8, 4) is 5.75 Å². The number of rotatable bonds is 4. The molecular weight excluding hydrogens is 248 g/mol. The van der Waals surface area contributed by atoms with Crippen molar-refractivity contribution in [1.82, 2.24) is 0 Å². The number of benzene rings is 2. The Bertz CT molecular complexity index is 555. The summed E-state index contributed by atoms with van der Waals surface area (Å²) in [5, 5.41) is 0. The van der Waals surface area contributed by atoms with Gasteiger partial charge in [-0.25, -0.2) is 8.78 Å². The maximum Gasteiger partial charge on any atom is 0.163 e. The van der Waals surface area contributed by atoms with Crippen molar-refractivity contribution < 1.29 is 13.5 Å². The van der Waals surface area contributed by atoms with Crippen LogP contribution in [0.4, 0.5) is 8.78 Å². The monoisotopic (exact) mass is 263 g/mol. The van der Waals surface area contributed by atoms with Crippen molar-refractivity contribution in [2.75, 3.05) is 7.11 Å². The number of nitrogens with two attached hydrogens (primary N) is 1. The fourth-order valence-corrected chi connectivity index (χ4v) is 1.93. The predicted octanol–water partition coefficient (Wildman–Crippen LogP) is 3.22. The van der Waals surface area contributed by atoms with Crippen molar-refractivity contribution in [2.45, 2.75) is 12.5 Å². The summed E-state index contributed by atoms with van der Waals surface area (Å²) in [5.74, 6) is -1.000. The van der Waals surface area contributed by atoms with Gasteiger partial charge in [0.05, 0.1) is 7.11 Å². The van der Waals surface area contributed by atoms with E-state index in [0.29, 0.717) is 6.42 Å². The minimum absolute atomic E-state index is 0.191. The van der Waals surface area contributed by atoms with Crippen LogP contribution >= 0.6 is 0 Å². The second-order valence-corrected chi connectivity index (χ2v) is 4.30. The van der Waals surface area contributed by atoms with Gasteiger partial charge in [0, 0.05) is 11.6 Å². The summed E-state index contributed by atoms with van der Waals surface area (Å²) in [6, 6.07) is 10.8. The van der Waals surface area contributed by atoms with Crippen molar-refractivity contribution >= 4 is 0 Å². The Balaban J connectivity index is 2.15. The first-order valence-electron chi connectivity index (χ1n) is 5.94. The summed E-state index contributed by atoms with van der Waals surface area (Å²) in [5.41, 5.74) is 7.06. The third-order valence-corrected chi connectivity index (χ3v) is 3.00. The number of halogens is 2. The third kappa shape index (κ3) is 3.09. The van der Waals surface area contributed by atoms with E-state index < -0.39 is 17.7 Å². The van der Waals surface area contributed by atoms with Crippen LogP contribution < -0.4 is 10.5 Å². The zero-order chi connectivity index (χ0) is 13.8. The molecule has 0 aliphatic carbocycles. The number of ether oxygens (including phenoxy) is 1. The third-order valence-electron chi connectivity index (χ3n) is 3.00. The average molecular weight is 263 g/mol. The molecule has 2 rings (SSSR count). The molecule has 0 heterocycles. The zero-order valence-corrected chi connectivity index (χ0v) is 10.6. The molecule has 0 amide bonds. The predicted molar refractivity (Wildman–Crippen MR) is 70.0 cm³/mol. The molecule has 4 heteroatoms. The van der Waals surface area contributed by atoms with Gasteiger partial charge in [0.25, 0.3) is 0 Å². The molecule has 0 radical (unpaired) electrons. The van der Waals surface area contributed by atoms with E-state index in [1.807, 2.05) is 24.3 Å². The standard InChI is InChI=1S/C15H15F2NO/c1-19-11-7-5-10(6-8-11)9-14(18)12-3-2-4-13(16)15(12)17/h2-8,14H,9,18H2,1H3. The smallest absolute Gasteiger partial charge is 0.163 e. The Morgan fingerprint density at radius 2 is 1.79 bits per heavy atom. The van der Waals surface area contributed by atoms with Crippen molar-refractivity contribution in [1.29, 1.82) is 0 Å². The number of hydrogen-bond acceptors (Lipinski definition) is 2. The van der Waals surface area contributed by atoms with Crippen LogP contribution in [0.25, 0.3) is 0 Å². The van der Waals surface area contributed by atoms with Crippen molar-refractivity contribution in [2.24, 2.45) is 5.73 Å². The second kappa shape index (κ2) is 5.80. The molecule has 0 bridgehead atoms. The van der Waals surface area contributed by atoms with Gasteiger partial charge < -0.3 is 10.5 Å². The molecule has 0 aliphatic heterocycles. The summed E-state index contributed by atoms with van der Waals surface area (Å²) >= 11 is 0. The maximum absolute atomic E-state index is 13.6. The van der Waals surface area contributed by atoms with E-state index in [0.717, 1.165) is 17.4 Å². The molecule has 1 unspecified atom stereocenters. The van der Waals surface area contributed by atoms with E-state index in [1.54, 1.807) is 7.11 Å². The molecule has 0 aromatic heterocycles. The van der Waals surface area contributed by atoms with E-state index in [1.165, 1.54) is 12.1 Å². The van der Waals surface area contributed by atoms with Crippen LogP contribution in [0, 0.1) is 11.6 Å². The summed E-state index contributed by atoms with van der Waals surface area (Å²) in [7, 11) is 1.59. The maximum atomic E-state index is 13.6. The van der Waals surface area contributed by atoms with Gasteiger partial charge in [-0.1, -0.05) is 24.3 Å². The minimum atomic E-state index is -0.873. The van der Waals surface area contributed by atoms with Crippen molar-refractivity contribution in [3.05, 3.63) is 65.2 Å². The molecular formula is C15H15F2NO. The quantitative estimate of drug-likeness (QED) is 0.919. The van der Waals surface area contributed by atoms with Crippen LogP contribution in [0.2, 0.25) is 0 Å². The van der Waals surface area contributed by atoms with Gasteiger partial charge >= 0.3 is 0 Å². The van der Waals surface area contributed by atoms with Gasteiger partial charge in [0.1, 0.15) is 5.75 Å². The molecule has 2 aromatic carbocycles. The zero-order valence-electron chi connectivity index (χ0n) is 10.6. The SMILES string of the molecule is COc1ccc(CC(N)c2cccc(F)c2F)cc1. The highest BCUT2D eigenvalue weighted by molar-refractivity contribution is 5.30. The molecule has 2 nitrogen and oxygen atoms in total. The normalized spacial score (nSPS) is 12.2. The molecule has 0 saturated carbocycles. The topological polar surface area (TPSA) is 35.2 Å². The Kier molecular flexibility index (Phi) is 4.12. The van der Waals surface area contributed by atoms with E-state index in [9.17, 15) is 8.78 Å². The largest absolute Gasteiger partial charge is 0.497 e. The van der Waals surface area contributed by atoms with Crippen LogP contribution in [0.1, 0.15) is 17.2 Å². The molecule has 2 aromatic rings. The van der Waals surface area contributed by atoms with E-state index in [4.69, 9.17) is 10.5 Å². The van der Waals surface area contributed by atoms with Crippen LogP contribution in [-0.2, 0) is 6.42 Å². The first-order valence-corrected chi connectivity index (χ1v) is 5.94. The number of hydrogen-bond donors (Lipinski definition) is 1. The first-order chi connectivity index (χ1) is 9.11. The second-order valence-electron chi connectivity index (χ2n) is 4.30. The van der Waals surface area contributed by atoms with E-state index in [-0.39, 0.29) is 5.56 Å². The Labute approximate surface area is 110 Å². The highest BCUT2D eigenvalue weighted by Crippen LogP contribution is 2.22. The van der Waals surface area contributed by atoms with E-state index in [2.05, 4.69) is 0 Å². The van der Waals surface area contributed by atoms with Crippen LogP contribution in [0.15, 0.2) is 42.5 Å². The summed E-state index contributed by atoms with van der Waals surface area (Å²) in [4.78, 5) is 0. The van der Waals surface area contributed by atoms with Crippen LogP contribution in [0.3, 0.4) is 0 Å². The Morgan fingerprint density at radius 3 is 2.42 bits per heavy atom. The summed E-state index contributed by atoms with van der Waals surface area (Å²) < 4.78 is 31.8. The lowest BCUT2D eigenvalue weighted by Crippen LogP contribution is -2.15. The molecule has 0 aliphatic rings. The highest BCUT2D eigenvalue weighted by atomic mass is 19.2. The van der Waals surface area contributed by atoms with E-state index >= 15 is 0 Å². The first kappa shape index (κ1) is 13.5. The lowest BCUT2D eigenvalue weighted by Gasteiger charge is -2.13. The average Bonchev–Trinajstić information content (AvgIpc) is 2.42. The molecule has 0 fully saturated rings. The van der Waals surface area contributed by atoms with Crippen LogP contribution in [0.5, 0.6) is 5.75 Å². The number of methoxy groups -OCH3 is 1. The minimum Gasteiger partial charge on any atom is -0.497 e. The lowest BCUT2D eigenvalue weighted by atomic mass is 9.99. The Morgan fingerprint density at radius 1 is 1.11 bits per heavy atom. The lowest BCUT2D eigenvalue weighted by molar-refractivity contribution is 0.414. The van der Waals surface area contributed by atoms with Gasteiger partial charge in [-0.15, -0.1) is 0 Å². The summed E-state index contributed by atoms with van der Waals surface area (Å²) in [6.07, 6.45) is 0.435. The molecule has 1 atom stereocenters. The van der Waals surface area contributed by atoms with Crippen LogP contribution in [-0.4, -0.2) is 7.11 Å². The molecule has 2 N–H and O–H groups in total. The Hall–Kier alpha value is -1.94. The van der Waals surface area contributed by atoms with Gasteiger partial charge in [-0.3, -0.25) is 0 Å². The molecule has 0 saturated heterocycles. The molecule has 19 heavy (non-hydrogen) atoms. The van der Waals surface area contributed by atoms with Gasteiger partial charge in [-0.2, -0.15) is 0 Å². The van der Waals surface area contributed by atoms with Crippen molar-refractivity contribution in [3.63, 3.8) is 0 Å². The molecule has 100 valence electrons. The molecule has 0 spiro atoms. The fourth-order valence-electron chi connectivity index (χ4n) is 1.93. The van der Waals surface area contributed by atoms with Gasteiger partial charge in [0.15, 0.2) is 11.6 Å².